The van der Waals surface area contributed by atoms with E-state index in [4.69, 9.17) is 9.72 Å². The van der Waals surface area contributed by atoms with Crippen molar-refractivity contribution >= 4 is 23.5 Å². The van der Waals surface area contributed by atoms with Crippen molar-refractivity contribution in [3.05, 3.63) is 47.2 Å². The molecule has 29 heavy (non-hydrogen) atoms. The fraction of sp³-hybridized carbons (Fsp3) is 0.500. The summed E-state index contributed by atoms with van der Waals surface area (Å²) in [6.45, 7) is 4.33. The fourth-order valence-electron chi connectivity index (χ4n) is 3.90. The van der Waals surface area contributed by atoms with Gasteiger partial charge in [0.25, 0.3) is 5.91 Å². The topological polar surface area (TPSA) is 58.6 Å². The molecule has 0 bridgehead atoms. The molecule has 0 radical (unpaired) electrons. The summed E-state index contributed by atoms with van der Waals surface area (Å²) < 4.78 is 5.29. The van der Waals surface area contributed by atoms with Crippen molar-refractivity contribution in [3.63, 3.8) is 0 Å². The molecule has 0 unspecified atom stereocenters. The Balaban J connectivity index is 1.46. The Labute approximate surface area is 176 Å². The van der Waals surface area contributed by atoms with Crippen LogP contribution in [0.1, 0.15) is 47.3 Å². The first-order chi connectivity index (χ1) is 14.2. The normalized spacial score (nSPS) is 16.6. The van der Waals surface area contributed by atoms with E-state index in [0.29, 0.717) is 6.61 Å². The van der Waals surface area contributed by atoms with Crippen LogP contribution in [-0.2, 0) is 17.1 Å². The van der Waals surface area contributed by atoms with Gasteiger partial charge in [-0.3, -0.25) is 4.79 Å². The highest BCUT2D eigenvalue weighted by atomic mass is 32.2. The Kier molecular flexibility index (Phi) is 6.67. The van der Waals surface area contributed by atoms with Crippen molar-refractivity contribution in [2.24, 2.45) is 0 Å². The van der Waals surface area contributed by atoms with Gasteiger partial charge < -0.3 is 14.5 Å². The van der Waals surface area contributed by atoms with Crippen molar-refractivity contribution in [1.82, 2.24) is 14.9 Å². The molecule has 1 aromatic carbocycles. The predicted octanol–water partition coefficient (Wildman–Crippen LogP) is 3.75. The highest BCUT2D eigenvalue weighted by Crippen LogP contribution is 2.26. The Morgan fingerprint density at radius 1 is 1.07 bits per heavy atom. The Morgan fingerprint density at radius 3 is 2.59 bits per heavy atom. The molecule has 1 aromatic heterocycles. The van der Waals surface area contributed by atoms with E-state index in [0.717, 1.165) is 72.6 Å². The second kappa shape index (κ2) is 9.59. The van der Waals surface area contributed by atoms with Gasteiger partial charge in [0, 0.05) is 50.7 Å². The minimum atomic E-state index is 0.143. The van der Waals surface area contributed by atoms with E-state index in [1.807, 2.05) is 29.2 Å². The lowest BCUT2D eigenvalue weighted by molar-refractivity contribution is 0.0792. The van der Waals surface area contributed by atoms with Crippen LogP contribution < -0.4 is 4.90 Å². The van der Waals surface area contributed by atoms with Gasteiger partial charge in [-0.2, -0.15) is 0 Å². The molecule has 154 valence electrons. The van der Waals surface area contributed by atoms with Gasteiger partial charge in [0.15, 0.2) is 5.16 Å². The number of methoxy groups -OCH3 is 1. The maximum Gasteiger partial charge on any atom is 0.253 e. The molecule has 2 aromatic rings. The first-order valence-electron chi connectivity index (χ1n) is 10.4. The molecule has 0 aliphatic carbocycles. The van der Waals surface area contributed by atoms with Crippen LogP contribution in [-0.4, -0.2) is 54.1 Å². The van der Waals surface area contributed by atoms with E-state index in [1.165, 1.54) is 12.8 Å². The number of ether oxygens (including phenoxy) is 1. The SMILES string of the molecule is COCc1cc(N2CCCC2)nc(SCc2cccc(C(=O)N3CCCC3)c2)n1. The molecule has 2 fully saturated rings. The summed E-state index contributed by atoms with van der Waals surface area (Å²) in [4.78, 5) is 26.4. The number of carbonyl (C=O) groups excluding carboxylic acids is 1. The quantitative estimate of drug-likeness (QED) is 0.510. The third-order valence-electron chi connectivity index (χ3n) is 5.40. The zero-order chi connectivity index (χ0) is 20.1. The number of benzene rings is 1. The molecule has 2 saturated heterocycles. The molecular weight excluding hydrogens is 384 g/mol. The maximum absolute atomic E-state index is 12.7. The van der Waals surface area contributed by atoms with Gasteiger partial charge in [0.1, 0.15) is 5.82 Å². The zero-order valence-electron chi connectivity index (χ0n) is 17.0. The van der Waals surface area contributed by atoms with Gasteiger partial charge in [0.2, 0.25) is 0 Å². The largest absolute Gasteiger partial charge is 0.378 e. The average molecular weight is 413 g/mol. The van der Waals surface area contributed by atoms with Crippen LogP contribution in [0.4, 0.5) is 5.82 Å². The number of anilines is 1. The number of hydrogen-bond acceptors (Lipinski definition) is 6. The number of amides is 1. The van der Waals surface area contributed by atoms with Crippen molar-refractivity contribution < 1.29 is 9.53 Å². The lowest BCUT2D eigenvalue weighted by atomic mass is 10.1. The second-order valence-electron chi connectivity index (χ2n) is 7.62. The van der Waals surface area contributed by atoms with Crippen LogP contribution in [0.15, 0.2) is 35.5 Å². The Bertz CT molecular complexity index is 848. The summed E-state index contributed by atoms with van der Waals surface area (Å²) in [5, 5.41) is 0.762. The lowest BCUT2D eigenvalue weighted by Crippen LogP contribution is -2.27. The van der Waals surface area contributed by atoms with E-state index in [9.17, 15) is 4.79 Å². The summed E-state index contributed by atoms with van der Waals surface area (Å²) in [6.07, 6.45) is 4.64. The molecular formula is C22H28N4O2S. The minimum absolute atomic E-state index is 0.143. The van der Waals surface area contributed by atoms with Gasteiger partial charge in [-0.15, -0.1) is 0 Å². The number of hydrogen-bond donors (Lipinski definition) is 0. The van der Waals surface area contributed by atoms with Crippen LogP contribution in [0.2, 0.25) is 0 Å². The molecule has 0 saturated carbocycles. The highest BCUT2D eigenvalue weighted by Gasteiger charge is 2.20. The summed E-state index contributed by atoms with van der Waals surface area (Å²) in [5.74, 6) is 1.87. The summed E-state index contributed by atoms with van der Waals surface area (Å²) >= 11 is 1.61. The third-order valence-corrected chi connectivity index (χ3v) is 6.32. The summed E-state index contributed by atoms with van der Waals surface area (Å²) in [6, 6.07) is 9.99. The number of carbonyl (C=O) groups is 1. The summed E-state index contributed by atoms with van der Waals surface area (Å²) in [5.41, 5.74) is 2.80. The van der Waals surface area contributed by atoms with E-state index in [1.54, 1.807) is 18.9 Å². The Hall–Kier alpha value is -2.12. The second-order valence-corrected chi connectivity index (χ2v) is 8.56. The maximum atomic E-state index is 12.7. The first-order valence-corrected chi connectivity index (χ1v) is 11.3. The first kappa shape index (κ1) is 20.2. The van der Waals surface area contributed by atoms with Crippen molar-refractivity contribution in [1.29, 1.82) is 0 Å². The van der Waals surface area contributed by atoms with Crippen LogP contribution >= 0.6 is 11.8 Å². The van der Waals surface area contributed by atoms with Gasteiger partial charge in [-0.25, -0.2) is 9.97 Å². The lowest BCUT2D eigenvalue weighted by Gasteiger charge is -2.18. The highest BCUT2D eigenvalue weighted by molar-refractivity contribution is 7.98. The van der Waals surface area contributed by atoms with Crippen LogP contribution in [0.3, 0.4) is 0 Å². The molecule has 0 N–H and O–H groups in total. The number of aromatic nitrogens is 2. The van der Waals surface area contributed by atoms with Crippen LogP contribution in [0.5, 0.6) is 0 Å². The van der Waals surface area contributed by atoms with Gasteiger partial charge in [-0.05, 0) is 43.4 Å². The third kappa shape index (κ3) is 5.08. The van der Waals surface area contributed by atoms with Gasteiger partial charge >= 0.3 is 0 Å². The molecule has 7 heteroatoms. The van der Waals surface area contributed by atoms with Crippen LogP contribution in [0.25, 0.3) is 0 Å². The van der Waals surface area contributed by atoms with E-state index >= 15 is 0 Å². The molecule has 0 spiro atoms. The molecule has 6 nitrogen and oxygen atoms in total. The average Bonchev–Trinajstić information content (AvgIpc) is 3.46. The standard InChI is InChI=1S/C22H28N4O2S/c1-28-15-19-14-20(25-9-2-3-10-25)24-22(23-19)29-16-17-7-6-8-18(13-17)21(27)26-11-4-5-12-26/h6-8,13-14H,2-5,9-12,15-16H2,1H3. The molecule has 3 heterocycles. The van der Waals surface area contributed by atoms with Crippen molar-refractivity contribution in [2.45, 2.75) is 43.2 Å². The smallest absolute Gasteiger partial charge is 0.253 e. The Morgan fingerprint density at radius 2 is 1.83 bits per heavy atom. The summed E-state index contributed by atoms with van der Waals surface area (Å²) in [7, 11) is 1.69. The monoisotopic (exact) mass is 412 g/mol. The van der Waals surface area contributed by atoms with E-state index in [2.05, 4.69) is 16.0 Å². The molecule has 1 amide bonds. The molecule has 0 atom stereocenters. The number of thioether (sulfide) groups is 1. The number of rotatable bonds is 7. The van der Waals surface area contributed by atoms with Crippen molar-refractivity contribution in [2.75, 3.05) is 38.2 Å². The molecule has 2 aliphatic rings. The zero-order valence-corrected chi connectivity index (χ0v) is 17.8. The minimum Gasteiger partial charge on any atom is -0.378 e. The van der Waals surface area contributed by atoms with E-state index < -0.39 is 0 Å². The fourth-order valence-corrected chi connectivity index (χ4v) is 4.71. The number of likely N-dealkylation sites (tertiary alicyclic amines) is 1. The predicted molar refractivity (Wildman–Crippen MR) is 115 cm³/mol. The van der Waals surface area contributed by atoms with Crippen molar-refractivity contribution in [3.8, 4) is 0 Å². The van der Waals surface area contributed by atoms with E-state index in [-0.39, 0.29) is 5.91 Å². The number of nitrogens with zero attached hydrogens (tertiary/aromatic N) is 4. The van der Waals surface area contributed by atoms with Gasteiger partial charge in [-0.1, -0.05) is 23.9 Å². The van der Waals surface area contributed by atoms with Crippen LogP contribution in [0, 0.1) is 0 Å². The van der Waals surface area contributed by atoms with Gasteiger partial charge in [0.05, 0.1) is 12.3 Å². The molecule has 4 rings (SSSR count). The molecule has 2 aliphatic heterocycles.